The zero-order chi connectivity index (χ0) is 18.5. The fourth-order valence-corrected chi connectivity index (χ4v) is 2.80. The highest BCUT2D eigenvalue weighted by Gasteiger charge is 2.11. The maximum Gasteiger partial charge on any atom is 0.338 e. The molecule has 3 rings (SSSR count). The highest BCUT2D eigenvalue weighted by Crippen LogP contribution is 2.30. The minimum absolute atomic E-state index is 0.384. The largest absolute Gasteiger partial charge is 0.465 e. The lowest BCUT2D eigenvalue weighted by molar-refractivity contribution is -0.131. The van der Waals surface area contributed by atoms with E-state index in [1.54, 1.807) is 18.2 Å². The fourth-order valence-electron chi connectivity index (χ4n) is 2.80. The lowest BCUT2D eigenvalue weighted by Gasteiger charge is -2.10. The zero-order valence-corrected chi connectivity index (χ0v) is 14.6. The van der Waals surface area contributed by atoms with Crippen LogP contribution in [0.15, 0.2) is 60.7 Å². The van der Waals surface area contributed by atoms with Crippen LogP contribution in [-0.2, 0) is 9.53 Å². The van der Waals surface area contributed by atoms with Gasteiger partial charge < -0.3 is 9.47 Å². The zero-order valence-electron chi connectivity index (χ0n) is 14.6. The Morgan fingerprint density at radius 1 is 0.885 bits per heavy atom. The van der Waals surface area contributed by atoms with Gasteiger partial charge >= 0.3 is 11.9 Å². The third kappa shape index (κ3) is 3.64. The second-order valence-corrected chi connectivity index (χ2v) is 5.70. The van der Waals surface area contributed by atoms with E-state index in [1.165, 1.54) is 14.0 Å². The van der Waals surface area contributed by atoms with E-state index in [0.717, 1.165) is 21.9 Å². The number of hydrogen-bond acceptors (Lipinski definition) is 4. The number of benzene rings is 3. The summed E-state index contributed by atoms with van der Waals surface area (Å²) in [7, 11) is 1.35. The molecule has 0 atom stereocenters. The lowest BCUT2D eigenvalue weighted by Crippen LogP contribution is -2.03. The highest BCUT2D eigenvalue weighted by molar-refractivity contribution is 5.98. The summed E-state index contributed by atoms with van der Waals surface area (Å²) >= 11 is 0. The van der Waals surface area contributed by atoms with Crippen molar-refractivity contribution in [3.63, 3.8) is 0 Å². The first-order valence-electron chi connectivity index (χ1n) is 8.15. The Morgan fingerprint density at radius 2 is 1.62 bits per heavy atom. The predicted molar refractivity (Wildman–Crippen MR) is 102 cm³/mol. The highest BCUT2D eigenvalue weighted by atomic mass is 16.5. The molecular weight excluding hydrogens is 328 g/mol. The van der Waals surface area contributed by atoms with Crippen LogP contribution in [0.3, 0.4) is 0 Å². The maximum absolute atomic E-state index is 11.9. The average Bonchev–Trinajstić information content (AvgIpc) is 2.66. The molecule has 0 amide bonds. The molecule has 0 heterocycles. The minimum Gasteiger partial charge on any atom is -0.465 e. The van der Waals surface area contributed by atoms with E-state index in [4.69, 9.17) is 9.47 Å². The molecule has 130 valence electrons. The number of carbonyl (C=O) groups excluding carboxylic acids is 2. The molecule has 0 spiro atoms. The van der Waals surface area contributed by atoms with Crippen molar-refractivity contribution in [3.05, 3.63) is 77.4 Å². The molecule has 0 aromatic heterocycles. The molecule has 4 nitrogen and oxygen atoms in total. The van der Waals surface area contributed by atoms with Gasteiger partial charge in [0.2, 0.25) is 0 Å². The second kappa shape index (κ2) is 7.66. The van der Waals surface area contributed by atoms with Crippen molar-refractivity contribution in [3.8, 4) is 5.75 Å². The van der Waals surface area contributed by atoms with E-state index in [-0.39, 0.29) is 5.97 Å². The van der Waals surface area contributed by atoms with Gasteiger partial charge in [-0.25, -0.2) is 4.79 Å². The summed E-state index contributed by atoms with van der Waals surface area (Å²) in [6.45, 7) is 1.37. The minimum atomic E-state index is -0.400. The van der Waals surface area contributed by atoms with Gasteiger partial charge in [-0.1, -0.05) is 54.6 Å². The maximum atomic E-state index is 11.9. The summed E-state index contributed by atoms with van der Waals surface area (Å²) in [5, 5.41) is 1.99. The van der Waals surface area contributed by atoms with Gasteiger partial charge in [0.05, 0.1) is 12.7 Å². The van der Waals surface area contributed by atoms with E-state index >= 15 is 0 Å². The van der Waals surface area contributed by atoms with E-state index in [9.17, 15) is 9.59 Å². The normalized spacial score (nSPS) is 10.8. The average molecular weight is 346 g/mol. The van der Waals surface area contributed by atoms with Gasteiger partial charge in [-0.2, -0.15) is 0 Å². The molecule has 0 fully saturated rings. The Morgan fingerprint density at radius 3 is 2.38 bits per heavy atom. The van der Waals surface area contributed by atoms with Gasteiger partial charge in [0.15, 0.2) is 0 Å². The number of carbonyl (C=O) groups is 2. The summed E-state index contributed by atoms with van der Waals surface area (Å²) in [5.74, 6) is -0.309. The van der Waals surface area contributed by atoms with Crippen LogP contribution in [-0.4, -0.2) is 19.0 Å². The van der Waals surface area contributed by atoms with E-state index in [2.05, 4.69) is 0 Å². The van der Waals surface area contributed by atoms with E-state index in [0.29, 0.717) is 11.3 Å². The molecule has 3 aromatic carbocycles. The van der Waals surface area contributed by atoms with Gasteiger partial charge in [0.1, 0.15) is 5.75 Å². The molecule has 0 saturated carbocycles. The standard InChI is InChI=1S/C22H18O4/c1-15(23)26-21-14-12-16-7-3-5-9-18(16)20(21)13-11-17-8-4-6-10-19(17)22(24)25-2/h3-14H,1-2H3/b13-11+. The van der Waals surface area contributed by atoms with Gasteiger partial charge in [-0.05, 0) is 34.5 Å². The Kier molecular flexibility index (Phi) is 5.13. The molecule has 0 unspecified atom stereocenters. The molecule has 0 aliphatic rings. The van der Waals surface area contributed by atoms with Crippen LogP contribution in [0.5, 0.6) is 5.75 Å². The number of ether oxygens (including phenoxy) is 2. The number of rotatable bonds is 4. The Hall–Kier alpha value is -3.40. The Bertz CT molecular complexity index is 1000. The molecule has 0 radical (unpaired) electrons. The Labute approximate surface area is 151 Å². The molecule has 0 bridgehead atoms. The SMILES string of the molecule is COC(=O)c1ccccc1/C=C/c1c(OC(C)=O)ccc2ccccc12. The first kappa shape index (κ1) is 17.4. The van der Waals surface area contributed by atoms with Crippen molar-refractivity contribution in [1.82, 2.24) is 0 Å². The number of fused-ring (bicyclic) bond motifs is 1. The summed E-state index contributed by atoms with van der Waals surface area (Å²) < 4.78 is 10.2. The first-order chi connectivity index (χ1) is 12.6. The molecular formula is C22H18O4. The van der Waals surface area contributed by atoms with Crippen LogP contribution >= 0.6 is 0 Å². The van der Waals surface area contributed by atoms with Crippen LogP contribution in [0.25, 0.3) is 22.9 Å². The summed E-state index contributed by atoms with van der Waals surface area (Å²) in [5.41, 5.74) is 1.97. The van der Waals surface area contributed by atoms with Crippen molar-refractivity contribution in [2.24, 2.45) is 0 Å². The van der Waals surface area contributed by atoms with Crippen molar-refractivity contribution < 1.29 is 19.1 Å². The summed E-state index contributed by atoms with van der Waals surface area (Å²) in [6.07, 6.45) is 3.67. The predicted octanol–water partition coefficient (Wildman–Crippen LogP) is 4.72. The van der Waals surface area contributed by atoms with Crippen LogP contribution in [0.4, 0.5) is 0 Å². The van der Waals surface area contributed by atoms with Gasteiger partial charge in [-0.3, -0.25) is 4.79 Å². The van der Waals surface area contributed by atoms with Crippen LogP contribution in [0.2, 0.25) is 0 Å². The third-order valence-electron chi connectivity index (χ3n) is 3.98. The van der Waals surface area contributed by atoms with Crippen LogP contribution in [0, 0.1) is 0 Å². The smallest absolute Gasteiger partial charge is 0.338 e. The van der Waals surface area contributed by atoms with Gasteiger partial charge in [0, 0.05) is 12.5 Å². The monoisotopic (exact) mass is 346 g/mol. The topological polar surface area (TPSA) is 52.6 Å². The van der Waals surface area contributed by atoms with Crippen LogP contribution < -0.4 is 4.74 Å². The molecule has 0 aliphatic heterocycles. The van der Waals surface area contributed by atoms with Gasteiger partial charge in [0.25, 0.3) is 0 Å². The quantitative estimate of drug-likeness (QED) is 0.390. The van der Waals surface area contributed by atoms with Crippen LogP contribution in [0.1, 0.15) is 28.4 Å². The molecule has 3 aromatic rings. The van der Waals surface area contributed by atoms with Crippen molar-refractivity contribution in [2.75, 3.05) is 7.11 Å². The second-order valence-electron chi connectivity index (χ2n) is 5.70. The van der Waals surface area contributed by atoms with Gasteiger partial charge in [-0.15, -0.1) is 0 Å². The number of esters is 2. The Balaban J connectivity index is 2.12. The first-order valence-corrected chi connectivity index (χ1v) is 8.15. The molecule has 0 saturated heterocycles. The van der Waals surface area contributed by atoms with Crippen molar-refractivity contribution in [2.45, 2.75) is 6.92 Å². The summed E-state index contributed by atoms with van der Waals surface area (Å²) in [6, 6.07) is 18.7. The lowest BCUT2D eigenvalue weighted by atomic mass is 10.0. The fraction of sp³-hybridized carbons (Fsp3) is 0.0909. The number of methoxy groups -OCH3 is 1. The van der Waals surface area contributed by atoms with Crippen molar-refractivity contribution >= 4 is 34.9 Å². The summed E-state index contributed by atoms with van der Waals surface area (Å²) in [4.78, 5) is 23.4. The molecule has 4 heteroatoms. The van der Waals surface area contributed by atoms with Crippen molar-refractivity contribution in [1.29, 1.82) is 0 Å². The molecule has 0 N–H and O–H groups in total. The van der Waals surface area contributed by atoms with E-state index in [1.807, 2.05) is 54.6 Å². The number of hydrogen-bond donors (Lipinski definition) is 0. The molecule has 26 heavy (non-hydrogen) atoms. The third-order valence-corrected chi connectivity index (χ3v) is 3.98. The molecule has 0 aliphatic carbocycles. The van der Waals surface area contributed by atoms with E-state index < -0.39 is 5.97 Å².